The quantitative estimate of drug-likeness (QED) is 0.244. The summed E-state index contributed by atoms with van der Waals surface area (Å²) in [6.07, 6.45) is 6.00. The van der Waals surface area contributed by atoms with Gasteiger partial charge in [-0.2, -0.15) is 4.98 Å². The van der Waals surface area contributed by atoms with Gasteiger partial charge in [-0.1, -0.05) is 23.8 Å². The summed E-state index contributed by atoms with van der Waals surface area (Å²) in [5, 5.41) is 7.65. The van der Waals surface area contributed by atoms with E-state index >= 15 is 4.39 Å². The Balaban J connectivity index is 1.13. The summed E-state index contributed by atoms with van der Waals surface area (Å²) in [7, 11) is 0. The maximum Gasteiger partial charge on any atom is 0.410 e. The molecule has 4 aromatic rings. The molecule has 2 amide bonds. The van der Waals surface area contributed by atoms with Crippen LogP contribution in [0.5, 0.6) is 0 Å². The SMILES string of the molecule is CC(C)(C)OC(=O)N1CCC[C@@H]1c1ccc(-c2nc3sc4cc(C(=O)NCCCN5CCCCC5)ccc4n3n2)c(F)c1. The van der Waals surface area contributed by atoms with Crippen LogP contribution in [0.3, 0.4) is 0 Å². The number of amides is 2. The largest absolute Gasteiger partial charge is 0.444 e. The van der Waals surface area contributed by atoms with Crippen LogP contribution in [0.2, 0.25) is 0 Å². The number of aromatic nitrogens is 3. The smallest absolute Gasteiger partial charge is 0.410 e. The fourth-order valence-electron chi connectivity index (χ4n) is 6.01. The first-order chi connectivity index (χ1) is 20.7. The van der Waals surface area contributed by atoms with Gasteiger partial charge in [0.05, 0.1) is 21.8 Å². The molecule has 228 valence electrons. The van der Waals surface area contributed by atoms with Gasteiger partial charge in [0, 0.05) is 18.7 Å². The first-order valence-electron chi connectivity index (χ1n) is 15.3. The Hall–Kier alpha value is -3.57. The summed E-state index contributed by atoms with van der Waals surface area (Å²) in [6.45, 7) is 10.1. The molecule has 2 fully saturated rings. The minimum absolute atomic E-state index is 0.0881. The third kappa shape index (κ3) is 6.52. The predicted octanol–water partition coefficient (Wildman–Crippen LogP) is 6.43. The van der Waals surface area contributed by atoms with Crippen LogP contribution in [0.1, 0.15) is 81.3 Å². The van der Waals surface area contributed by atoms with Gasteiger partial charge in [-0.05, 0) is 108 Å². The van der Waals surface area contributed by atoms with Gasteiger partial charge in [-0.25, -0.2) is 13.7 Å². The number of nitrogens with one attached hydrogen (secondary N) is 1. The summed E-state index contributed by atoms with van der Waals surface area (Å²) in [4.78, 5) is 34.9. The zero-order valence-electron chi connectivity index (χ0n) is 25.1. The first-order valence-corrected chi connectivity index (χ1v) is 16.1. The summed E-state index contributed by atoms with van der Waals surface area (Å²) in [5.41, 5.74) is 1.85. The molecule has 0 aliphatic carbocycles. The highest BCUT2D eigenvalue weighted by atomic mass is 32.1. The number of ether oxygens (including phenoxy) is 1. The Bertz CT molecular complexity index is 1640. The Morgan fingerprint density at radius 1 is 1.07 bits per heavy atom. The van der Waals surface area contributed by atoms with Gasteiger partial charge in [0.2, 0.25) is 4.96 Å². The molecule has 2 aromatic carbocycles. The molecule has 2 saturated heterocycles. The minimum atomic E-state index is -0.594. The van der Waals surface area contributed by atoms with E-state index in [4.69, 9.17) is 4.74 Å². The predicted molar refractivity (Wildman–Crippen MR) is 166 cm³/mol. The number of benzene rings is 2. The molecule has 0 spiro atoms. The Morgan fingerprint density at radius 2 is 1.88 bits per heavy atom. The van der Waals surface area contributed by atoms with Crippen molar-refractivity contribution in [2.45, 2.75) is 70.9 Å². The number of carbonyl (C=O) groups is 2. The molecule has 2 aliphatic heterocycles. The van der Waals surface area contributed by atoms with Crippen LogP contribution in [0.4, 0.5) is 9.18 Å². The van der Waals surface area contributed by atoms with Crippen LogP contribution in [-0.2, 0) is 4.74 Å². The number of fused-ring (bicyclic) bond motifs is 3. The van der Waals surface area contributed by atoms with Crippen LogP contribution >= 0.6 is 11.3 Å². The molecule has 1 N–H and O–H groups in total. The van der Waals surface area contributed by atoms with Crippen molar-refractivity contribution in [2.75, 3.05) is 32.7 Å². The number of nitrogens with zero attached hydrogens (tertiary/aromatic N) is 5. The van der Waals surface area contributed by atoms with Crippen molar-refractivity contribution in [3.63, 3.8) is 0 Å². The molecule has 11 heteroatoms. The van der Waals surface area contributed by atoms with E-state index in [2.05, 4.69) is 20.3 Å². The van der Waals surface area contributed by atoms with Gasteiger partial charge >= 0.3 is 6.09 Å². The van der Waals surface area contributed by atoms with E-state index in [1.54, 1.807) is 21.5 Å². The maximum atomic E-state index is 15.4. The van der Waals surface area contributed by atoms with Crippen molar-refractivity contribution < 1.29 is 18.7 Å². The molecule has 0 radical (unpaired) electrons. The molecule has 0 saturated carbocycles. The number of hydrogen-bond donors (Lipinski definition) is 1. The number of carbonyl (C=O) groups excluding carboxylic acids is 2. The van der Waals surface area contributed by atoms with Crippen LogP contribution in [0, 0.1) is 5.82 Å². The molecule has 4 heterocycles. The molecule has 9 nitrogen and oxygen atoms in total. The Kier molecular flexibility index (Phi) is 8.37. The number of thiazole rings is 1. The highest BCUT2D eigenvalue weighted by Gasteiger charge is 2.33. The highest BCUT2D eigenvalue weighted by Crippen LogP contribution is 2.35. The third-order valence-electron chi connectivity index (χ3n) is 8.11. The average Bonchev–Trinajstić information content (AvgIpc) is 3.70. The van der Waals surface area contributed by atoms with Crippen LogP contribution in [-0.4, -0.2) is 74.7 Å². The molecule has 6 rings (SSSR count). The van der Waals surface area contributed by atoms with Gasteiger partial charge in [0.1, 0.15) is 11.4 Å². The Labute approximate surface area is 255 Å². The van der Waals surface area contributed by atoms with Gasteiger partial charge < -0.3 is 19.9 Å². The van der Waals surface area contributed by atoms with Crippen molar-refractivity contribution in [3.8, 4) is 11.4 Å². The number of piperidine rings is 1. The van der Waals surface area contributed by atoms with Gasteiger partial charge in [0.25, 0.3) is 5.91 Å². The molecule has 0 bridgehead atoms. The number of hydrogen-bond acceptors (Lipinski definition) is 7. The second-order valence-electron chi connectivity index (χ2n) is 12.5. The lowest BCUT2D eigenvalue weighted by Crippen LogP contribution is -2.36. The molecule has 0 unspecified atom stereocenters. The van der Waals surface area contributed by atoms with Crippen molar-refractivity contribution in [2.24, 2.45) is 0 Å². The normalized spacial score (nSPS) is 18.0. The molecule has 2 aliphatic rings. The Morgan fingerprint density at radius 3 is 2.65 bits per heavy atom. The zero-order valence-corrected chi connectivity index (χ0v) is 25.9. The number of halogens is 1. The molecular formula is C32H39FN6O3S. The molecule has 43 heavy (non-hydrogen) atoms. The van der Waals surface area contributed by atoms with E-state index in [-0.39, 0.29) is 18.0 Å². The standard InChI is InChI=1S/C32H39FN6O3S/c1-32(2,3)42-31(41)38-18-7-9-25(38)21-10-12-23(24(33)19-21)28-35-30-39(36-28)26-13-11-22(20-27(26)43-30)29(40)34-14-8-17-37-15-5-4-6-16-37/h10-13,19-20,25H,4-9,14-18H2,1-3H3,(H,34,40)/t25-/m1/s1. The van der Waals surface area contributed by atoms with Crippen LogP contribution < -0.4 is 5.32 Å². The maximum absolute atomic E-state index is 15.4. The van der Waals surface area contributed by atoms with Crippen molar-refractivity contribution >= 4 is 38.5 Å². The lowest BCUT2D eigenvalue weighted by molar-refractivity contribution is 0.0224. The topological polar surface area (TPSA) is 92.1 Å². The second-order valence-corrected chi connectivity index (χ2v) is 13.5. The second kappa shape index (κ2) is 12.2. The van der Waals surface area contributed by atoms with E-state index in [0.29, 0.717) is 35.0 Å². The summed E-state index contributed by atoms with van der Waals surface area (Å²) in [6, 6.07) is 10.3. The summed E-state index contributed by atoms with van der Waals surface area (Å²) < 4.78 is 23.6. The summed E-state index contributed by atoms with van der Waals surface area (Å²) in [5.74, 6) is -0.228. The average molecular weight is 607 g/mol. The minimum Gasteiger partial charge on any atom is -0.444 e. The first kappa shape index (κ1) is 29.5. The fraction of sp³-hybridized carbons (Fsp3) is 0.500. The fourth-order valence-corrected chi connectivity index (χ4v) is 7.01. The van der Waals surface area contributed by atoms with E-state index < -0.39 is 11.4 Å². The van der Waals surface area contributed by atoms with E-state index in [1.807, 2.05) is 39.0 Å². The van der Waals surface area contributed by atoms with Gasteiger partial charge in [-0.3, -0.25) is 4.79 Å². The summed E-state index contributed by atoms with van der Waals surface area (Å²) >= 11 is 1.42. The highest BCUT2D eigenvalue weighted by molar-refractivity contribution is 7.23. The van der Waals surface area contributed by atoms with Gasteiger partial charge in [-0.15, -0.1) is 5.10 Å². The van der Waals surface area contributed by atoms with Crippen molar-refractivity contribution in [1.82, 2.24) is 29.7 Å². The molecular weight excluding hydrogens is 567 g/mol. The number of likely N-dealkylation sites (tertiary alicyclic amines) is 2. The van der Waals surface area contributed by atoms with Crippen LogP contribution in [0.25, 0.3) is 26.6 Å². The zero-order chi connectivity index (χ0) is 30.1. The van der Waals surface area contributed by atoms with Crippen molar-refractivity contribution in [1.29, 1.82) is 0 Å². The van der Waals surface area contributed by atoms with E-state index in [9.17, 15) is 9.59 Å². The monoisotopic (exact) mass is 606 g/mol. The lowest BCUT2D eigenvalue weighted by Gasteiger charge is -2.29. The molecule has 2 aromatic heterocycles. The van der Waals surface area contributed by atoms with E-state index in [0.717, 1.165) is 54.7 Å². The lowest BCUT2D eigenvalue weighted by atomic mass is 10.0. The van der Waals surface area contributed by atoms with Gasteiger partial charge in [0.15, 0.2) is 5.82 Å². The number of rotatable bonds is 7. The van der Waals surface area contributed by atoms with Crippen molar-refractivity contribution in [3.05, 3.63) is 53.3 Å². The molecule has 1 atom stereocenters. The van der Waals surface area contributed by atoms with Crippen LogP contribution in [0.15, 0.2) is 36.4 Å². The third-order valence-corrected chi connectivity index (χ3v) is 9.11. The van der Waals surface area contributed by atoms with E-state index in [1.165, 1.54) is 36.7 Å².